The minimum Gasteiger partial charge on any atom is -0.493 e. The Labute approximate surface area is 157 Å². The SMILES string of the molecule is CCCCOc1ccccc1C=CC(=O)Nc1ccc(CCCC)cc1. The summed E-state index contributed by atoms with van der Waals surface area (Å²) in [5, 5.41) is 2.90. The number of anilines is 1. The summed E-state index contributed by atoms with van der Waals surface area (Å²) in [4.78, 5) is 12.2. The van der Waals surface area contributed by atoms with Crippen LogP contribution in [0.2, 0.25) is 0 Å². The molecule has 0 aliphatic heterocycles. The molecule has 0 heterocycles. The molecule has 2 rings (SSSR count). The Bertz CT molecular complexity index is 704. The summed E-state index contributed by atoms with van der Waals surface area (Å²) >= 11 is 0. The molecule has 0 fully saturated rings. The number of nitrogens with one attached hydrogen (secondary N) is 1. The van der Waals surface area contributed by atoms with Gasteiger partial charge in [0.2, 0.25) is 5.91 Å². The van der Waals surface area contributed by atoms with Gasteiger partial charge in [-0.05, 0) is 49.1 Å². The highest BCUT2D eigenvalue weighted by atomic mass is 16.5. The van der Waals surface area contributed by atoms with E-state index in [2.05, 4.69) is 31.3 Å². The number of para-hydroxylation sites is 1. The van der Waals surface area contributed by atoms with Crippen molar-refractivity contribution in [1.82, 2.24) is 0 Å². The number of benzene rings is 2. The lowest BCUT2D eigenvalue weighted by Gasteiger charge is -2.08. The average molecular weight is 351 g/mol. The predicted molar refractivity (Wildman–Crippen MR) is 110 cm³/mol. The predicted octanol–water partition coefficient (Wildman–Crippen LogP) is 5.86. The van der Waals surface area contributed by atoms with E-state index in [1.165, 1.54) is 18.4 Å². The Hall–Kier alpha value is -2.55. The smallest absolute Gasteiger partial charge is 0.248 e. The third kappa shape index (κ3) is 6.75. The van der Waals surface area contributed by atoms with E-state index < -0.39 is 0 Å². The van der Waals surface area contributed by atoms with Crippen molar-refractivity contribution in [2.45, 2.75) is 46.0 Å². The van der Waals surface area contributed by atoms with Crippen LogP contribution in [-0.2, 0) is 11.2 Å². The molecule has 0 aliphatic rings. The van der Waals surface area contributed by atoms with Gasteiger partial charge in [0.25, 0.3) is 0 Å². The standard InChI is InChI=1S/C23H29NO2/c1-3-5-9-19-12-15-21(16-13-19)24-23(25)17-14-20-10-7-8-11-22(20)26-18-6-4-2/h7-8,10-17H,3-6,9,18H2,1-2H3,(H,24,25). The zero-order chi connectivity index (χ0) is 18.6. The van der Waals surface area contributed by atoms with Gasteiger partial charge in [-0.2, -0.15) is 0 Å². The van der Waals surface area contributed by atoms with Crippen LogP contribution in [0.5, 0.6) is 5.75 Å². The third-order valence-electron chi connectivity index (χ3n) is 4.13. The first kappa shape index (κ1) is 19.8. The second-order valence-electron chi connectivity index (χ2n) is 6.36. The second kappa shape index (κ2) is 11.1. The Morgan fingerprint density at radius 3 is 2.46 bits per heavy atom. The van der Waals surface area contributed by atoms with E-state index in [1.54, 1.807) is 12.2 Å². The molecule has 3 nitrogen and oxygen atoms in total. The van der Waals surface area contributed by atoms with Crippen molar-refractivity contribution in [3.05, 3.63) is 65.7 Å². The lowest BCUT2D eigenvalue weighted by atomic mass is 10.1. The summed E-state index contributed by atoms with van der Waals surface area (Å²) in [6, 6.07) is 15.8. The topological polar surface area (TPSA) is 38.3 Å². The van der Waals surface area contributed by atoms with Crippen molar-refractivity contribution in [1.29, 1.82) is 0 Å². The highest BCUT2D eigenvalue weighted by Crippen LogP contribution is 2.20. The van der Waals surface area contributed by atoms with Crippen LogP contribution in [-0.4, -0.2) is 12.5 Å². The molecule has 138 valence electrons. The molecule has 0 unspecified atom stereocenters. The van der Waals surface area contributed by atoms with Crippen molar-refractivity contribution in [3.8, 4) is 5.75 Å². The summed E-state index contributed by atoms with van der Waals surface area (Å²) in [7, 11) is 0. The Morgan fingerprint density at radius 2 is 1.73 bits per heavy atom. The number of aryl methyl sites for hydroxylation is 1. The van der Waals surface area contributed by atoms with E-state index in [0.717, 1.165) is 36.3 Å². The van der Waals surface area contributed by atoms with E-state index in [1.807, 2.05) is 36.4 Å². The summed E-state index contributed by atoms with van der Waals surface area (Å²) in [5.41, 5.74) is 3.03. The monoisotopic (exact) mass is 351 g/mol. The van der Waals surface area contributed by atoms with Gasteiger partial charge in [0.05, 0.1) is 6.61 Å². The van der Waals surface area contributed by atoms with Gasteiger partial charge in [-0.25, -0.2) is 0 Å². The fourth-order valence-electron chi connectivity index (χ4n) is 2.56. The molecule has 0 atom stereocenters. The first-order chi connectivity index (χ1) is 12.7. The van der Waals surface area contributed by atoms with Crippen LogP contribution < -0.4 is 10.1 Å². The van der Waals surface area contributed by atoms with Crippen molar-refractivity contribution < 1.29 is 9.53 Å². The van der Waals surface area contributed by atoms with Crippen LogP contribution in [0.25, 0.3) is 6.08 Å². The van der Waals surface area contributed by atoms with E-state index in [9.17, 15) is 4.79 Å². The van der Waals surface area contributed by atoms with Crippen molar-refractivity contribution in [2.24, 2.45) is 0 Å². The fourth-order valence-corrected chi connectivity index (χ4v) is 2.56. The Kier molecular flexibility index (Phi) is 8.47. The van der Waals surface area contributed by atoms with Crippen LogP contribution in [0.3, 0.4) is 0 Å². The molecular weight excluding hydrogens is 322 g/mol. The fraction of sp³-hybridized carbons (Fsp3) is 0.348. The van der Waals surface area contributed by atoms with Gasteiger partial charge in [0.15, 0.2) is 0 Å². The first-order valence-corrected chi connectivity index (χ1v) is 9.52. The molecule has 1 amide bonds. The molecule has 0 spiro atoms. The molecule has 0 radical (unpaired) electrons. The Morgan fingerprint density at radius 1 is 1.00 bits per heavy atom. The number of rotatable bonds is 10. The first-order valence-electron chi connectivity index (χ1n) is 9.52. The molecule has 26 heavy (non-hydrogen) atoms. The molecule has 2 aromatic carbocycles. The highest BCUT2D eigenvalue weighted by Gasteiger charge is 2.02. The molecule has 3 heteroatoms. The molecule has 1 N–H and O–H groups in total. The van der Waals surface area contributed by atoms with Gasteiger partial charge >= 0.3 is 0 Å². The van der Waals surface area contributed by atoms with Crippen molar-refractivity contribution >= 4 is 17.7 Å². The summed E-state index contributed by atoms with van der Waals surface area (Å²) in [6.07, 6.45) is 8.92. The zero-order valence-corrected chi connectivity index (χ0v) is 15.8. The minimum absolute atomic E-state index is 0.144. The molecular formula is C23H29NO2. The molecule has 0 aliphatic carbocycles. The molecule has 0 aromatic heterocycles. The molecule has 0 saturated carbocycles. The quantitative estimate of drug-likeness (QED) is 0.430. The summed E-state index contributed by atoms with van der Waals surface area (Å²) < 4.78 is 5.79. The van der Waals surface area contributed by atoms with Crippen LogP contribution in [0.4, 0.5) is 5.69 Å². The van der Waals surface area contributed by atoms with E-state index in [0.29, 0.717) is 6.61 Å². The van der Waals surface area contributed by atoms with Gasteiger partial charge in [-0.15, -0.1) is 0 Å². The number of hydrogen-bond acceptors (Lipinski definition) is 2. The maximum absolute atomic E-state index is 12.2. The lowest BCUT2D eigenvalue weighted by Crippen LogP contribution is -2.07. The van der Waals surface area contributed by atoms with E-state index in [-0.39, 0.29) is 5.91 Å². The summed E-state index contributed by atoms with van der Waals surface area (Å²) in [5.74, 6) is 0.667. The lowest BCUT2D eigenvalue weighted by molar-refractivity contribution is -0.111. The van der Waals surface area contributed by atoms with Crippen molar-refractivity contribution in [3.63, 3.8) is 0 Å². The van der Waals surface area contributed by atoms with Crippen LogP contribution in [0.15, 0.2) is 54.6 Å². The summed E-state index contributed by atoms with van der Waals surface area (Å²) in [6.45, 7) is 5.02. The van der Waals surface area contributed by atoms with Gasteiger partial charge < -0.3 is 10.1 Å². The maximum Gasteiger partial charge on any atom is 0.248 e. The third-order valence-corrected chi connectivity index (χ3v) is 4.13. The zero-order valence-electron chi connectivity index (χ0n) is 15.8. The highest BCUT2D eigenvalue weighted by molar-refractivity contribution is 6.02. The number of ether oxygens (including phenoxy) is 1. The van der Waals surface area contributed by atoms with Gasteiger partial charge in [-0.1, -0.05) is 57.0 Å². The number of carbonyl (C=O) groups excluding carboxylic acids is 1. The number of amides is 1. The van der Waals surface area contributed by atoms with Crippen LogP contribution >= 0.6 is 0 Å². The average Bonchev–Trinajstić information content (AvgIpc) is 2.67. The van der Waals surface area contributed by atoms with Crippen LogP contribution in [0.1, 0.15) is 50.7 Å². The largest absolute Gasteiger partial charge is 0.493 e. The maximum atomic E-state index is 12.2. The van der Waals surface area contributed by atoms with E-state index in [4.69, 9.17) is 4.74 Å². The van der Waals surface area contributed by atoms with Gasteiger partial charge in [0, 0.05) is 17.3 Å². The normalized spacial score (nSPS) is 10.8. The minimum atomic E-state index is -0.144. The molecule has 2 aromatic rings. The van der Waals surface area contributed by atoms with Gasteiger partial charge in [-0.3, -0.25) is 4.79 Å². The van der Waals surface area contributed by atoms with Crippen LogP contribution in [0, 0.1) is 0 Å². The number of carbonyl (C=O) groups is 1. The number of hydrogen-bond donors (Lipinski definition) is 1. The molecule has 0 bridgehead atoms. The molecule has 0 saturated heterocycles. The number of unbranched alkanes of at least 4 members (excludes halogenated alkanes) is 2. The van der Waals surface area contributed by atoms with Crippen molar-refractivity contribution in [2.75, 3.05) is 11.9 Å². The Balaban J connectivity index is 1.93. The van der Waals surface area contributed by atoms with E-state index >= 15 is 0 Å². The second-order valence-corrected chi connectivity index (χ2v) is 6.36. The van der Waals surface area contributed by atoms with Gasteiger partial charge in [0.1, 0.15) is 5.75 Å².